The van der Waals surface area contributed by atoms with Crippen LogP contribution >= 0.6 is 0 Å². The Morgan fingerprint density at radius 1 is 0.821 bits per heavy atom. The Balaban J connectivity index is 1.05. The summed E-state index contributed by atoms with van der Waals surface area (Å²) in [6, 6.07) is 12.4. The molecule has 39 heavy (non-hydrogen) atoms. The lowest BCUT2D eigenvalue weighted by atomic mass is 9.89. The molecule has 6 rings (SSSR count). The minimum atomic E-state index is -4.58. The summed E-state index contributed by atoms with van der Waals surface area (Å²) in [6.07, 6.45) is 0.0553. The van der Waals surface area contributed by atoms with Crippen molar-refractivity contribution in [2.24, 2.45) is 5.10 Å². The zero-order valence-corrected chi connectivity index (χ0v) is 21.5. The molecule has 8 nitrogen and oxygen atoms in total. The lowest BCUT2D eigenvalue weighted by Crippen LogP contribution is -2.43. The average Bonchev–Trinajstić information content (AvgIpc) is 3.42. The molecule has 0 bridgehead atoms. The highest BCUT2D eigenvalue weighted by Crippen LogP contribution is 2.32. The number of aromatic nitrogens is 4. The van der Waals surface area contributed by atoms with Crippen molar-refractivity contribution in [1.29, 1.82) is 0 Å². The van der Waals surface area contributed by atoms with Crippen molar-refractivity contribution in [3.05, 3.63) is 70.9 Å². The van der Waals surface area contributed by atoms with Gasteiger partial charge in [0.05, 0.1) is 0 Å². The monoisotopic (exact) mass is 534 g/mol. The molecule has 3 aromatic rings. The molecule has 0 radical (unpaired) electrons. The molecule has 0 saturated carbocycles. The van der Waals surface area contributed by atoms with Gasteiger partial charge in [0.15, 0.2) is 5.82 Å². The zero-order chi connectivity index (χ0) is 26.8. The van der Waals surface area contributed by atoms with Crippen LogP contribution < -0.4 is 10.2 Å². The van der Waals surface area contributed by atoms with Crippen LogP contribution in [0.1, 0.15) is 53.5 Å². The van der Waals surface area contributed by atoms with Gasteiger partial charge in [0.25, 0.3) is 5.82 Å². The van der Waals surface area contributed by atoms with Gasteiger partial charge in [0, 0.05) is 69.4 Å². The van der Waals surface area contributed by atoms with Crippen molar-refractivity contribution in [2.45, 2.75) is 37.8 Å². The maximum atomic E-state index is 13.2. The lowest BCUT2D eigenvalue weighted by Gasteiger charge is -2.35. The van der Waals surface area contributed by atoms with Crippen LogP contribution in [-0.2, 0) is 12.6 Å². The van der Waals surface area contributed by atoms with Gasteiger partial charge in [-0.1, -0.05) is 24.0 Å². The second-order valence-electron chi connectivity index (χ2n) is 10.0. The first-order chi connectivity index (χ1) is 18.9. The number of likely N-dealkylation sites (tertiary alicyclic amines) is 1. The molecule has 2 aromatic heterocycles. The van der Waals surface area contributed by atoms with Crippen LogP contribution in [0.4, 0.5) is 19.0 Å². The summed E-state index contributed by atoms with van der Waals surface area (Å²) in [4.78, 5) is 8.95. The number of aryl methyl sites for hydroxylation is 1. The predicted molar refractivity (Wildman–Crippen MR) is 141 cm³/mol. The fourth-order valence-corrected chi connectivity index (χ4v) is 5.36. The molecular formula is C28H29F3N8. The molecule has 11 heteroatoms. The molecule has 0 unspecified atom stereocenters. The molecule has 3 aliphatic rings. The molecule has 3 aliphatic heterocycles. The molecule has 2 saturated heterocycles. The predicted octanol–water partition coefficient (Wildman–Crippen LogP) is 3.49. The number of hydrogen-bond acceptors (Lipinski definition) is 7. The van der Waals surface area contributed by atoms with Crippen molar-refractivity contribution >= 4 is 11.7 Å². The third kappa shape index (κ3) is 5.61. The number of fused-ring (bicyclic) bond motifs is 1. The number of anilines is 1. The fraction of sp³-hybridized carbons (Fsp3) is 0.429. The largest absolute Gasteiger partial charge is 0.453 e. The Hall–Kier alpha value is -3.91. The fourth-order valence-electron chi connectivity index (χ4n) is 5.36. The van der Waals surface area contributed by atoms with Crippen LogP contribution in [0.5, 0.6) is 0 Å². The van der Waals surface area contributed by atoms with Crippen LogP contribution in [0.25, 0.3) is 0 Å². The van der Waals surface area contributed by atoms with Crippen molar-refractivity contribution < 1.29 is 13.2 Å². The number of alkyl halides is 3. The highest BCUT2D eigenvalue weighted by molar-refractivity contribution is 5.83. The topological polar surface area (TPSA) is 74.5 Å². The van der Waals surface area contributed by atoms with E-state index in [1.807, 2.05) is 18.3 Å². The quantitative estimate of drug-likeness (QED) is 0.508. The number of nitrogens with one attached hydrogen (secondary N) is 1. The van der Waals surface area contributed by atoms with Crippen molar-refractivity contribution in [1.82, 2.24) is 30.1 Å². The molecule has 1 aromatic carbocycles. The Bertz CT molecular complexity index is 1390. The number of pyridine rings is 1. The summed E-state index contributed by atoms with van der Waals surface area (Å²) in [5, 5.41) is 14.6. The first kappa shape index (κ1) is 25.4. The van der Waals surface area contributed by atoms with E-state index in [-0.39, 0.29) is 5.82 Å². The molecular weight excluding hydrogens is 505 g/mol. The van der Waals surface area contributed by atoms with Crippen LogP contribution in [-0.4, -0.2) is 69.9 Å². The molecule has 0 atom stereocenters. The standard InChI is InChI=1S/C28H29F3N8/c29-28(30,31)27-35-34-25-9-10-26(36-39(25)27)37-15-11-23(12-16-37)22-6-3-20(4-7-22)1-2-21-5-8-24(33-19-21)38-17-13-32-14-18-38/h3-8,19,23,32H,9-18H2. The number of hydrogen-bond donors (Lipinski definition) is 1. The third-order valence-electron chi connectivity index (χ3n) is 7.53. The highest BCUT2D eigenvalue weighted by atomic mass is 19.4. The zero-order valence-electron chi connectivity index (χ0n) is 21.5. The maximum Gasteiger partial charge on any atom is 0.453 e. The Morgan fingerprint density at radius 2 is 1.54 bits per heavy atom. The van der Waals surface area contributed by atoms with Gasteiger partial charge in [-0.05, 0) is 48.6 Å². The van der Waals surface area contributed by atoms with E-state index >= 15 is 0 Å². The normalized spacial score (nSPS) is 18.3. The number of benzene rings is 1. The summed E-state index contributed by atoms with van der Waals surface area (Å²) in [7, 11) is 0. The number of piperazine rings is 1. The molecule has 0 spiro atoms. The van der Waals surface area contributed by atoms with Gasteiger partial charge < -0.3 is 15.1 Å². The van der Waals surface area contributed by atoms with Crippen LogP contribution in [0.2, 0.25) is 0 Å². The SMILES string of the molecule is FC(F)(F)c1nnc2n1N=C(N1CCC(c3ccc(C#Cc4ccc(N5CCNCC5)nc4)cc3)CC1)CC2. The summed E-state index contributed by atoms with van der Waals surface area (Å²) >= 11 is 0. The van der Waals surface area contributed by atoms with Gasteiger partial charge >= 0.3 is 6.18 Å². The van der Waals surface area contributed by atoms with E-state index in [4.69, 9.17) is 0 Å². The molecule has 2 fully saturated rings. The number of nitrogens with zero attached hydrogens (tertiary/aromatic N) is 7. The minimum Gasteiger partial charge on any atom is -0.359 e. The van der Waals surface area contributed by atoms with E-state index < -0.39 is 12.0 Å². The van der Waals surface area contributed by atoms with Gasteiger partial charge in [-0.25, -0.2) is 4.98 Å². The summed E-state index contributed by atoms with van der Waals surface area (Å²) < 4.78 is 40.6. The van der Waals surface area contributed by atoms with E-state index in [0.29, 0.717) is 24.6 Å². The van der Waals surface area contributed by atoms with E-state index in [9.17, 15) is 13.2 Å². The van der Waals surface area contributed by atoms with Gasteiger partial charge in [-0.2, -0.15) is 22.9 Å². The van der Waals surface area contributed by atoms with Gasteiger partial charge in [-0.15, -0.1) is 10.2 Å². The molecule has 0 amide bonds. The number of piperidine rings is 1. The van der Waals surface area contributed by atoms with Crippen LogP contribution in [0.3, 0.4) is 0 Å². The second kappa shape index (κ2) is 10.7. The lowest BCUT2D eigenvalue weighted by molar-refractivity contribution is -0.147. The number of rotatable bonds is 2. The summed E-state index contributed by atoms with van der Waals surface area (Å²) in [6.45, 7) is 5.38. The number of amidine groups is 1. The Morgan fingerprint density at radius 3 is 2.23 bits per heavy atom. The van der Waals surface area contributed by atoms with E-state index in [2.05, 4.69) is 71.5 Å². The summed E-state index contributed by atoms with van der Waals surface area (Å²) in [5.41, 5.74) is 3.09. The van der Waals surface area contributed by atoms with Crippen LogP contribution in [0, 0.1) is 11.8 Å². The number of halogens is 3. The Labute approximate surface area is 224 Å². The smallest absolute Gasteiger partial charge is 0.359 e. The van der Waals surface area contributed by atoms with Gasteiger partial charge in [-0.3, -0.25) is 0 Å². The highest BCUT2D eigenvalue weighted by Gasteiger charge is 2.40. The molecule has 5 heterocycles. The van der Waals surface area contributed by atoms with Crippen molar-refractivity contribution in [3.63, 3.8) is 0 Å². The van der Waals surface area contributed by atoms with Crippen molar-refractivity contribution in [2.75, 3.05) is 44.2 Å². The van der Waals surface area contributed by atoms with Gasteiger partial charge in [0.1, 0.15) is 11.7 Å². The van der Waals surface area contributed by atoms with E-state index in [1.54, 1.807) is 0 Å². The molecule has 202 valence electrons. The van der Waals surface area contributed by atoms with Crippen molar-refractivity contribution in [3.8, 4) is 11.8 Å². The second-order valence-corrected chi connectivity index (χ2v) is 10.0. The summed E-state index contributed by atoms with van der Waals surface area (Å²) in [5.74, 6) is 7.69. The van der Waals surface area contributed by atoms with Gasteiger partial charge in [0.2, 0.25) is 0 Å². The first-order valence-corrected chi connectivity index (χ1v) is 13.3. The van der Waals surface area contributed by atoms with E-state index in [1.165, 1.54) is 5.56 Å². The minimum absolute atomic E-state index is 0.257. The Kier molecular flexibility index (Phi) is 6.95. The van der Waals surface area contributed by atoms with Crippen LogP contribution in [0.15, 0.2) is 47.7 Å². The molecule has 1 N–H and O–H groups in total. The third-order valence-corrected chi connectivity index (χ3v) is 7.53. The maximum absolute atomic E-state index is 13.2. The molecule has 0 aliphatic carbocycles. The average molecular weight is 535 g/mol. The van der Waals surface area contributed by atoms with E-state index in [0.717, 1.165) is 73.7 Å². The first-order valence-electron chi connectivity index (χ1n) is 13.3.